The summed E-state index contributed by atoms with van der Waals surface area (Å²) in [5, 5.41) is 2.74. The minimum absolute atomic E-state index is 0.00202. The number of hydrogen-bond donors (Lipinski definition) is 1. The quantitative estimate of drug-likeness (QED) is 0.553. The van der Waals surface area contributed by atoms with E-state index in [0.29, 0.717) is 17.1 Å². The second-order valence-electron chi connectivity index (χ2n) is 7.28. The van der Waals surface area contributed by atoms with Gasteiger partial charge in [-0.05, 0) is 67.9 Å². The van der Waals surface area contributed by atoms with E-state index in [1.54, 1.807) is 74.7 Å². The highest BCUT2D eigenvalue weighted by Gasteiger charge is 2.30. The summed E-state index contributed by atoms with van der Waals surface area (Å²) < 4.78 is 38.8. The normalized spacial score (nSPS) is 11.0. The van der Waals surface area contributed by atoms with E-state index in [-0.39, 0.29) is 10.6 Å². The zero-order valence-corrected chi connectivity index (χ0v) is 19.3. The lowest BCUT2D eigenvalue weighted by Gasteiger charge is -2.25. The van der Waals surface area contributed by atoms with Gasteiger partial charge in [-0.15, -0.1) is 0 Å². The van der Waals surface area contributed by atoms with E-state index in [4.69, 9.17) is 9.47 Å². The molecule has 0 radical (unpaired) electrons. The number of rotatable bonds is 8. The molecular weight excluding hydrogens is 428 g/mol. The molecule has 0 bridgehead atoms. The molecule has 3 aromatic carbocycles. The number of amides is 1. The summed E-state index contributed by atoms with van der Waals surface area (Å²) in [4.78, 5) is 12.8. The maximum Gasteiger partial charge on any atom is 0.268 e. The van der Waals surface area contributed by atoms with Crippen molar-refractivity contribution >= 4 is 27.3 Å². The summed E-state index contributed by atoms with van der Waals surface area (Å²) in [5.74, 6) is 0.382. The fraction of sp³-hybridized carbons (Fsp3) is 0.208. The number of carbonyl (C=O) groups is 1. The molecule has 0 saturated heterocycles. The largest absolute Gasteiger partial charge is 0.497 e. The molecule has 0 saturated carbocycles. The molecule has 0 fully saturated rings. The van der Waals surface area contributed by atoms with Crippen molar-refractivity contribution in [1.82, 2.24) is 0 Å². The fourth-order valence-corrected chi connectivity index (χ4v) is 4.80. The number of hydrogen-bond acceptors (Lipinski definition) is 5. The molecule has 0 heterocycles. The Hall–Kier alpha value is -3.52. The Morgan fingerprint density at radius 1 is 0.875 bits per heavy atom. The molecule has 0 spiro atoms. The van der Waals surface area contributed by atoms with E-state index < -0.39 is 22.5 Å². The van der Waals surface area contributed by atoms with Crippen LogP contribution in [-0.4, -0.2) is 35.1 Å². The number of ether oxygens (including phenoxy) is 2. The second-order valence-corrected chi connectivity index (χ2v) is 9.11. The standard InChI is InChI=1S/C24H26N2O5S/c1-17-5-10-20(11-6-17)26(16-24(27)25-19-8-12-21(30-3)13-9-19)32(28,29)23-15-18(2)7-14-22(23)31-4/h5-15H,16H2,1-4H3,(H,25,27). The molecule has 0 aliphatic rings. The Morgan fingerprint density at radius 2 is 1.50 bits per heavy atom. The number of methoxy groups -OCH3 is 2. The number of aryl methyl sites for hydroxylation is 2. The highest BCUT2D eigenvalue weighted by Crippen LogP contribution is 2.31. The number of carbonyl (C=O) groups excluding carboxylic acids is 1. The summed E-state index contributed by atoms with van der Waals surface area (Å²) in [5.41, 5.74) is 2.65. The topological polar surface area (TPSA) is 84.9 Å². The molecular formula is C24H26N2O5S. The highest BCUT2D eigenvalue weighted by molar-refractivity contribution is 7.93. The molecule has 0 aliphatic carbocycles. The van der Waals surface area contributed by atoms with E-state index in [1.165, 1.54) is 13.2 Å². The van der Waals surface area contributed by atoms with Gasteiger partial charge in [-0.2, -0.15) is 0 Å². The average Bonchev–Trinajstić information content (AvgIpc) is 2.78. The van der Waals surface area contributed by atoms with E-state index in [0.717, 1.165) is 15.4 Å². The van der Waals surface area contributed by atoms with Gasteiger partial charge in [-0.1, -0.05) is 23.8 Å². The summed E-state index contributed by atoms with van der Waals surface area (Å²) in [6.45, 7) is 3.29. The van der Waals surface area contributed by atoms with Gasteiger partial charge in [-0.25, -0.2) is 8.42 Å². The lowest BCUT2D eigenvalue weighted by atomic mass is 10.2. The first kappa shape index (κ1) is 23.1. The van der Waals surface area contributed by atoms with Gasteiger partial charge in [0.2, 0.25) is 5.91 Å². The Labute approximate surface area is 188 Å². The zero-order chi connectivity index (χ0) is 23.3. The summed E-state index contributed by atoms with van der Waals surface area (Å²) in [6, 6.07) is 18.7. The van der Waals surface area contributed by atoms with Gasteiger partial charge < -0.3 is 14.8 Å². The Balaban J connectivity index is 1.97. The fourth-order valence-electron chi connectivity index (χ4n) is 3.14. The molecule has 3 rings (SSSR count). The van der Waals surface area contributed by atoms with Crippen LogP contribution < -0.4 is 19.1 Å². The van der Waals surface area contributed by atoms with Crippen LogP contribution >= 0.6 is 0 Å². The van der Waals surface area contributed by atoms with Crippen molar-refractivity contribution in [1.29, 1.82) is 0 Å². The molecule has 7 nitrogen and oxygen atoms in total. The minimum atomic E-state index is -4.10. The van der Waals surface area contributed by atoms with Crippen LogP contribution in [-0.2, 0) is 14.8 Å². The highest BCUT2D eigenvalue weighted by atomic mass is 32.2. The summed E-state index contributed by atoms with van der Waals surface area (Å²) in [7, 11) is -1.14. The van der Waals surface area contributed by atoms with Crippen LogP contribution in [0.15, 0.2) is 71.6 Å². The van der Waals surface area contributed by atoms with Gasteiger partial charge in [0.05, 0.1) is 19.9 Å². The Bertz CT molecular complexity index is 1190. The van der Waals surface area contributed by atoms with Crippen molar-refractivity contribution in [3.05, 3.63) is 77.9 Å². The van der Waals surface area contributed by atoms with Gasteiger partial charge in [0.25, 0.3) is 10.0 Å². The lowest BCUT2D eigenvalue weighted by Crippen LogP contribution is -2.38. The predicted molar refractivity (Wildman–Crippen MR) is 125 cm³/mol. The molecule has 3 aromatic rings. The van der Waals surface area contributed by atoms with Crippen LogP contribution in [0.3, 0.4) is 0 Å². The molecule has 0 atom stereocenters. The third-order valence-electron chi connectivity index (χ3n) is 4.87. The molecule has 168 valence electrons. The number of anilines is 2. The maximum atomic E-state index is 13.7. The number of nitrogens with one attached hydrogen (secondary N) is 1. The monoisotopic (exact) mass is 454 g/mol. The molecule has 0 unspecified atom stereocenters. The van der Waals surface area contributed by atoms with Crippen molar-refractivity contribution < 1.29 is 22.7 Å². The van der Waals surface area contributed by atoms with E-state index in [9.17, 15) is 13.2 Å². The zero-order valence-electron chi connectivity index (χ0n) is 18.5. The summed E-state index contributed by atoms with van der Waals surface area (Å²) >= 11 is 0. The van der Waals surface area contributed by atoms with Crippen molar-refractivity contribution in [3.63, 3.8) is 0 Å². The number of nitrogens with zero attached hydrogens (tertiary/aromatic N) is 1. The van der Waals surface area contributed by atoms with Crippen molar-refractivity contribution in [2.45, 2.75) is 18.7 Å². The molecule has 0 aliphatic heterocycles. The smallest absolute Gasteiger partial charge is 0.268 e. The van der Waals surface area contributed by atoms with E-state index in [1.807, 2.05) is 6.92 Å². The van der Waals surface area contributed by atoms with Gasteiger partial charge in [0.15, 0.2) is 0 Å². The van der Waals surface area contributed by atoms with Gasteiger partial charge in [0, 0.05) is 5.69 Å². The van der Waals surface area contributed by atoms with Crippen LogP contribution in [0, 0.1) is 13.8 Å². The van der Waals surface area contributed by atoms with Crippen molar-refractivity contribution in [3.8, 4) is 11.5 Å². The van der Waals surface area contributed by atoms with E-state index in [2.05, 4.69) is 5.32 Å². The van der Waals surface area contributed by atoms with Gasteiger partial charge in [0.1, 0.15) is 22.9 Å². The number of sulfonamides is 1. The molecule has 8 heteroatoms. The van der Waals surface area contributed by atoms with Crippen molar-refractivity contribution in [2.24, 2.45) is 0 Å². The van der Waals surface area contributed by atoms with Crippen LogP contribution in [0.25, 0.3) is 0 Å². The first-order valence-electron chi connectivity index (χ1n) is 9.92. The predicted octanol–water partition coefficient (Wildman–Crippen LogP) is 4.15. The van der Waals surface area contributed by atoms with Crippen LogP contribution in [0.5, 0.6) is 11.5 Å². The minimum Gasteiger partial charge on any atom is -0.497 e. The third kappa shape index (κ3) is 5.20. The Morgan fingerprint density at radius 3 is 2.09 bits per heavy atom. The SMILES string of the molecule is COc1ccc(NC(=O)CN(c2ccc(C)cc2)S(=O)(=O)c2cc(C)ccc2OC)cc1. The maximum absolute atomic E-state index is 13.7. The first-order valence-corrected chi connectivity index (χ1v) is 11.4. The second kappa shape index (κ2) is 9.74. The van der Waals surface area contributed by atoms with Gasteiger partial charge >= 0.3 is 0 Å². The molecule has 0 aromatic heterocycles. The lowest BCUT2D eigenvalue weighted by molar-refractivity contribution is -0.114. The number of benzene rings is 3. The molecule has 1 amide bonds. The molecule has 1 N–H and O–H groups in total. The van der Waals surface area contributed by atoms with Crippen LogP contribution in [0.2, 0.25) is 0 Å². The van der Waals surface area contributed by atoms with E-state index >= 15 is 0 Å². The average molecular weight is 455 g/mol. The molecule has 32 heavy (non-hydrogen) atoms. The Kier molecular flexibility index (Phi) is 7.05. The summed E-state index contributed by atoms with van der Waals surface area (Å²) in [6.07, 6.45) is 0. The van der Waals surface area contributed by atoms with Crippen LogP contribution in [0.1, 0.15) is 11.1 Å². The van der Waals surface area contributed by atoms with Crippen molar-refractivity contribution in [2.75, 3.05) is 30.4 Å². The van der Waals surface area contributed by atoms with Gasteiger partial charge in [-0.3, -0.25) is 9.10 Å². The first-order chi connectivity index (χ1) is 15.2. The third-order valence-corrected chi connectivity index (χ3v) is 6.67. The van der Waals surface area contributed by atoms with Crippen LogP contribution in [0.4, 0.5) is 11.4 Å².